The summed E-state index contributed by atoms with van der Waals surface area (Å²) in [7, 11) is 1.53. The van der Waals surface area contributed by atoms with Crippen LogP contribution in [0.5, 0.6) is 5.75 Å². The summed E-state index contributed by atoms with van der Waals surface area (Å²) >= 11 is 13.8. The van der Waals surface area contributed by atoms with Gasteiger partial charge in [0.25, 0.3) is 11.8 Å². The lowest BCUT2D eigenvalue weighted by Gasteiger charge is -2.16. The van der Waals surface area contributed by atoms with Gasteiger partial charge in [0.05, 0.1) is 24.3 Å². The van der Waals surface area contributed by atoms with E-state index in [1.807, 2.05) is 23.6 Å². The number of hydrogen-bond donors (Lipinski definition) is 1. The van der Waals surface area contributed by atoms with Gasteiger partial charge in [0.15, 0.2) is 0 Å². The number of hydrogen-bond acceptors (Lipinski definition) is 5. The van der Waals surface area contributed by atoms with Crippen LogP contribution in [-0.4, -0.2) is 23.8 Å². The van der Waals surface area contributed by atoms with E-state index in [9.17, 15) is 9.59 Å². The minimum atomic E-state index is -0.421. The van der Waals surface area contributed by atoms with Gasteiger partial charge in [0.2, 0.25) is 0 Å². The summed E-state index contributed by atoms with van der Waals surface area (Å²) in [6, 6.07) is 15.9. The Balaban J connectivity index is 1.71. The number of methoxy groups -OCH3 is 1. The number of halogens is 2. The number of imide groups is 1. The Kier molecular flexibility index (Phi) is 5.81. The van der Waals surface area contributed by atoms with Crippen LogP contribution in [0.1, 0.15) is 10.4 Å². The molecule has 2 heterocycles. The van der Waals surface area contributed by atoms with Gasteiger partial charge >= 0.3 is 0 Å². The van der Waals surface area contributed by atoms with Crippen LogP contribution in [0, 0.1) is 0 Å². The van der Waals surface area contributed by atoms with Crippen molar-refractivity contribution in [1.29, 1.82) is 0 Å². The van der Waals surface area contributed by atoms with Gasteiger partial charge in [0.1, 0.15) is 11.4 Å². The van der Waals surface area contributed by atoms with Crippen molar-refractivity contribution < 1.29 is 14.3 Å². The fraction of sp³-hybridized carbons (Fsp3) is 0.0909. The molecule has 0 saturated heterocycles. The quantitative estimate of drug-likeness (QED) is 0.498. The van der Waals surface area contributed by atoms with Gasteiger partial charge in [-0.3, -0.25) is 14.5 Å². The highest BCUT2D eigenvalue weighted by Gasteiger charge is 2.39. The zero-order valence-corrected chi connectivity index (χ0v) is 18.1. The van der Waals surface area contributed by atoms with Crippen LogP contribution >= 0.6 is 34.5 Å². The molecule has 0 radical (unpaired) electrons. The van der Waals surface area contributed by atoms with E-state index in [1.165, 1.54) is 23.3 Å². The molecule has 1 aromatic heterocycles. The van der Waals surface area contributed by atoms with Gasteiger partial charge in [0, 0.05) is 15.6 Å². The number of carbonyl (C=O) groups is 2. The summed E-state index contributed by atoms with van der Waals surface area (Å²) in [6.07, 6.45) is 0. The maximum Gasteiger partial charge on any atom is 0.278 e. The maximum absolute atomic E-state index is 13.2. The Morgan fingerprint density at radius 1 is 1.00 bits per heavy atom. The standard InChI is InChI=1S/C22H16Cl2N2O3S/c1-29-17-9-8-14(11-16(17)24)25-20-19(18-7-4-10-30-18)21(27)26(22(20)28)12-13-5-2-3-6-15(13)23/h2-11,25H,12H2,1H3. The molecule has 0 saturated carbocycles. The van der Waals surface area contributed by atoms with Crippen LogP contribution in [0.25, 0.3) is 5.57 Å². The summed E-state index contributed by atoms with van der Waals surface area (Å²) in [5.41, 5.74) is 1.80. The monoisotopic (exact) mass is 458 g/mol. The van der Waals surface area contributed by atoms with E-state index in [1.54, 1.807) is 36.4 Å². The number of ether oxygens (including phenoxy) is 1. The van der Waals surface area contributed by atoms with Gasteiger partial charge in [-0.15, -0.1) is 11.3 Å². The van der Waals surface area contributed by atoms with Crippen LogP contribution in [0.3, 0.4) is 0 Å². The van der Waals surface area contributed by atoms with Crippen LogP contribution in [0.15, 0.2) is 65.7 Å². The van der Waals surface area contributed by atoms with E-state index in [0.29, 0.717) is 37.5 Å². The number of nitrogens with zero attached hydrogens (tertiary/aromatic N) is 1. The smallest absolute Gasteiger partial charge is 0.278 e. The fourth-order valence-electron chi connectivity index (χ4n) is 3.17. The first-order valence-electron chi connectivity index (χ1n) is 8.98. The zero-order valence-electron chi connectivity index (χ0n) is 15.8. The highest BCUT2D eigenvalue weighted by Crippen LogP contribution is 2.35. The first-order valence-corrected chi connectivity index (χ1v) is 10.6. The number of thiophene rings is 1. The second-order valence-corrected chi connectivity index (χ2v) is 8.25. The number of benzene rings is 2. The van der Waals surface area contributed by atoms with E-state index in [-0.39, 0.29) is 18.1 Å². The molecule has 1 aliphatic heterocycles. The molecular formula is C22H16Cl2N2O3S. The fourth-order valence-corrected chi connectivity index (χ4v) is 4.39. The summed E-state index contributed by atoms with van der Waals surface area (Å²) in [5.74, 6) is -0.274. The second kappa shape index (κ2) is 8.52. The molecule has 4 rings (SSSR count). The van der Waals surface area contributed by atoms with Gasteiger partial charge < -0.3 is 10.1 Å². The third-order valence-electron chi connectivity index (χ3n) is 4.64. The normalized spacial score (nSPS) is 13.9. The maximum atomic E-state index is 13.2. The first kappa shape index (κ1) is 20.5. The molecule has 3 aromatic rings. The van der Waals surface area contributed by atoms with Crippen molar-refractivity contribution >= 4 is 57.6 Å². The van der Waals surface area contributed by atoms with Crippen molar-refractivity contribution in [3.63, 3.8) is 0 Å². The SMILES string of the molecule is COc1ccc(NC2=C(c3cccs3)C(=O)N(Cc3ccccc3Cl)C2=O)cc1Cl. The van der Waals surface area contributed by atoms with E-state index in [4.69, 9.17) is 27.9 Å². The van der Waals surface area contributed by atoms with E-state index in [2.05, 4.69) is 5.32 Å². The van der Waals surface area contributed by atoms with Crippen molar-refractivity contribution in [3.05, 3.63) is 86.2 Å². The molecule has 0 spiro atoms. The number of carbonyl (C=O) groups excluding carboxylic acids is 2. The number of nitrogens with one attached hydrogen (secondary N) is 1. The Labute approximate surface area is 187 Å². The van der Waals surface area contributed by atoms with Crippen LogP contribution in [0.2, 0.25) is 10.0 Å². The van der Waals surface area contributed by atoms with Gasteiger partial charge in [-0.05, 0) is 41.3 Å². The first-order chi connectivity index (χ1) is 14.5. The molecule has 0 unspecified atom stereocenters. The Bertz CT molecular complexity index is 1160. The van der Waals surface area contributed by atoms with Gasteiger partial charge in [-0.25, -0.2) is 0 Å². The Hall–Kier alpha value is -2.80. The molecule has 0 fully saturated rings. The lowest BCUT2D eigenvalue weighted by molar-refractivity contribution is -0.137. The predicted octanol–water partition coefficient (Wildman–Crippen LogP) is 5.46. The van der Waals surface area contributed by atoms with Crippen molar-refractivity contribution in [2.75, 3.05) is 12.4 Å². The second-order valence-electron chi connectivity index (χ2n) is 6.49. The number of amides is 2. The molecule has 1 N–H and O–H groups in total. The van der Waals surface area contributed by atoms with E-state index < -0.39 is 5.91 Å². The average molecular weight is 459 g/mol. The minimum Gasteiger partial charge on any atom is -0.495 e. The highest BCUT2D eigenvalue weighted by molar-refractivity contribution is 7.11. The van der Waals surface area contributed by atoms with Gasteiger partial charge in [-0.2, -0.15) is 0 Å². The molecule has 30 heavy (non-hydrogen) atoms. The molecule has 0 aliphatic carbocycles. The summed E-state index contributed by atoms with van der Waals surface area (Å²) in [4.78, 5) is 28.4. The molecule has 8 heteroatoms. The molecular weight excluding hydrogens is 443 g/mol. The predicted molar refractivity (Wildman–Crippen MR) is 120 cm³/mol. The molecule has 152 valence electrons. The lowest BCUT2D eigenvalue weighted by Crippen LogP contribution is -2.32. The summed E-state index contributed by atoms with van der Waals surface area (Å²) in [6.45, 7) is 0.0841. The highest BCUT2D eigenvalue weighted by atomic mass is 35.5. The largest absolute Gasteiger partial charge is 0.495 e. The molecule has 1 aliphatic rings. The minimum absolute atomic E-state index is 0.0841. The molecule has 2 aromatic carbocycles. The van der Waals surface area contributed by atoms with Crippen molar-refractivity contribution in [3.8, 4) is 5.75 Å². The number of rotatable bonds is 6. The third kappa shape index (κ3) is 3.81. The van der Waals surface area contributed by atoms with Crippen LogP contribution in [0.4, 0.5) is 5.69 Å². The molecule has 0 atom stereocenters. The van der Waals surface area contributed by atoms with Crippen molar-refractivity contribution in [1.82, 2.24) is 4.90 Å². The molecule has 0 bridgehead atoms. The third-order valence-corrected chi connectivity index (χ3v) is 6.19. The summed E-state index contributed by atoms with van der Waals surface area (Å²) < 4.78 is 5.17. The summed E-state index contributed by atoms with van der Waals surface area (Å²) in [5, 5.41) is 5.84. The topological polar surface area (TPSA) is 58.6 Å². The van der Waals surface area contributed by atoms with E-state index >= 15 is 0 Å². The average Bonchev–Trinajstić information content (AvgIpc) is 3.33. The Morgan fingerprint density at radius 2 is 1.80 bits per heavy atom. The Morgan fingerprint density at radius 3 is 2.47 bits per heavy atom. The van der Waals surface area contributed by atoms with Gasteiger partial charge in [-0.1, -0.05) is 47.5 Å². The zero-order chi connectivity index (χ0) is 21.3. The van der Waals surface area contributed by atoms with E-state index in [0.717, 1.165) is 0 Å². The molecule has 2 amide bonds. The van der Waals surface area contributed by atoms with Crippen LogP contribution < -0.4 is 10.1 Å². The van der Waals surface area contributed by atoms with Crippen LogP contribution in [-0.2, 0) is 16.1 Å². The van der Waals surface area contributed by atoms with Crippen molar-refractivity contribution in [2.45, 2.75) is 6.54 Å². The molecule has 5 nitrogen and oxygen atoms in total. The number of anilines is 1. The lowest BCUT2D eigenvalue weighted by atomic mass is 10.1. The van der Waals surface area contributed by atoms with Crippen molar-refractivity contribution in [2.24, 2.45) is 0 Å².